The number of carbonyl (C=O) groups excluding carboxylic acids is 1. The minimum Gasteiger partial charge on any atom is -0.478 e. The summed E-state index contributed by atoms with van der Waals surface area (Å²) in [5, 5.41) is 3.84. The van der Waals surface area contributed by atoms with Crippen molar-refractivity contribution in [2.75, 3.05) is 14.1 Å². The predicted molar refractivity (Wildman–Crippen MR) is 117 cm³/mol. The van der Waals surface area contributed by atoms with Crippen LogP contribution < -0.4 is 10.1 Å². The van der Waals surface area contributed by atoms with Gasteiger partial charge in [-0.3, -0.25) is 4.79 Å². The second kappa shape index (κ2) is 7.38. The first-order chi connectivity index (χ1) is 13.9. The summed E-state index contributed by atoms with van der Waals surface area (Å²) in [6, 6.07) is 6.96. The number of benzene rings is 1. The van der Waals surface area contributed by atoms with Crippen molar-refractivity contribution in [2.24, 2.45) is 17.8 Å². The second-order valence-electron chi connectivity index (χ2n) is 10.0. The zero-order valence-corrected chi connectivity index (χ0v) is 19.6. The molecule has 4 saturated carbocycles. The molecule has 1 amide bonds. The molecule has 0 saturated heterocycles. The number of amides is 1. The zero-order valence-electron chi connectivity index (χ0n) is 18.0. The fourth-order valence-corrected chi connectivity index (χ4v) is 8.25. The Bertz CT molecular complexity index is 913. The van der Waals surface area contributed by atoms with Crippen LogP contribution in [0.5, 0.6) is 5.75 Å². The lowest BCUT2D eigenvalue weighted by Gasteiger charge is -2.59. The Morgan fingerprint density at radius 1 is 1.13 bits per heavy atom. The summed E-state index contributed by atoms with van der Waals surface area (Å²) in [7, 11) is -0.0776. The van der Waals surface area contributed by atoms with Crippen molar-refractivity contribution < 1.29 is 17.9 Å². The topological polar surface area (TPSA) is 75.7 Å². The number of rotatable bonds is 6. The maximum atomic E-state index is 13.1. The number of nitrogens with one attached hydrogen (secondary N) is 1. The third-order valence-electron chi connectivity index (χ3n) is 7.28. The van der Waals surface area contributed by atoms with E-state index in [0.29, 0.717) is 29.5 Å². The molecule has 4 aliphatic rings. The molecule has 8 heteroatoms. The van der Waals surface area contributed by atoms with Crippen molar-refractivity contribution in [1.82, 2.24) is 9.62 Å². The molecule has 6 nitrogen and oxygen atoms in total. The van der Waals surface area contributed by atoms with Gasteiger partial charge in [0, 0.05) is 25.2 Å². The molecular weight excluding hydrogens is 424 g/mol. The van der Waals surface area contributed by atoms with Crippen LogP contribution in [0.4, 0.5) is 0 Å². The molecule has 0 radical (unpaired) electrons. The Labute approximate surface area is 184 Å². The van der Waals surface area contributed by atoms with Crippen molar-refractivity contribution >= 4 is 27.5 Å². The summed E-state index contributed by atoms with van der Waals surface area (Å²) < 4.78 is 32.9. The van der Waals surface area contributed by atoms with Gasteiger partial charge in [-0.05, 0) is 88.0 Å². The largest absolute Gasteiger partial charge is 0.478 e. The number of carbonyl (C=O) groups is 1. The minimum atomic E-state index is -3.34. The van der Waals surface area contributed by atoms with Gasteiger partial charge < -0.3 is 10.1 Å². The molecular formula is C22H31ClN2O4S. The van der Waals surface area contributed by atoms with Gasteiger partial charge in [0.05, 0.1) is 4.75 Å². The Morgan fingerprint density at radius 3 is 2.23 bits per heavy atom. The highest BCUT2D eigenvalue weighted by atomic mass is 35.5. The number of hydrogen-bond acceptors (Lipinski definition) is 4. The number of halogens is 1. The van der Waals surface area contributed by atoms with E-state index in [1.807, 2.05) is 0 Å². The molecule has 1 N–H and O–H groups in total. The van der Waals surface area contributed by atoms with Gasteiger partial charge in [0.2, 0.25) is 10.0 Å². The quantitative estimate of drug-likeness (QED) is 0.714. The fourth-order valence-electron chi connectivity index (χ4n) is 6.06. The first-order valence-corrected chi connectivity index (χ1v) is 12.4. The third-order valence-corrected chi connectivity index (χ3v) is 10.1. The number of hydrogen-bond donors (Lipinski definition) is 1. The standard InChI is InChI=1S/C22H31ClN2O4S/c1-21(2,29-18-7-5-17(23)6-8-18)20(26)24-19-15-9-14-10-16(19)13-22(11-14,12-15)30(27,28)25(3)4/h5-8,14-16,19H,9-13H2,1-4H3,(H,24,26). The van der Waals surface area contributed by atoms with E-state index >= 15 is 0 Å². The smallest absolute Gasteiger partial charge is 0.263 e. The minimum absolute atomic E-state index is 0.00706. The van der Waals surface area contributed by atoms with Crippen LogP contribution >= 0.6 is 11.6 Å². The molecule has 0 aliphatic heterocycles. The fraction of sp³-hybridized carbons (Fsp3) is 0.682. The summed E-state index contributed by atoms with van der Waals surface area (Å²) in [5.74, 6) is 1.24. The van der Waals surface area contributed by atoms with Crippen LogP contribution in [0.15, 0.2) is 24.3 Å². The van der Waals surface area contributed by atoms with Crippen molar-refractivity contribution in [2.45, 2.75) is 62.3 Å². The highest BCUT2D eigenvalue weighted by Gasteiger charge is 2.61. The maximum absolute atomic E-state index is 13.1. The highest BCUT2D eigenvalue weighted by Crippen LogP contribution is 2.59. The summed E-state index contributed by atoms with van der Waals surface area (Å²) in [5.41, 5.74) is -1.05. The molecule has 1 aromatic rings. The van der Waals surface area contributed by atoms with Gasteiger partial charge in [-0.2, -0.15) is 0 Å². The van der Waals surface area contributed by atoms with Crippen LogP contribution in [0.25, 0.3) is 0 Å². The summed E-state index contributed by atoms with van der Waals surface area (Å²) in [6.45, 7) is 3.51. The molecule has 0 aromatic heterocycles. The molecule has 4 fully saturated rings. The van der Waals surface area contributed by atoms with E-state index in [-0.39, 0.29) is 23.8 Å². The van der Waals surface area contributed by atoms with E-state index in [4.69, 9.17) is 16.3 Å². The normalized spacial score (nSPS) is 33.0. The van der Waals surface area contributed by atoms with Gasteiger partial charge in [-0.1, -0.05) is 11.6 Å². The lowest BCUT2D eigenvalue weighted by Crippen LogP contribution is -2.66. The first kappa shape index (κ1) is 21.9. The molecule has 5 rings (SSSR count). The molecule has 166 valence electrons. The van der Waals surface area contributed by atoms with Crippen LogP contribution in [0.3, 0.4) is 0 Å². The SMILES string of the molecule is CN(C)S(=O)(=O)C12CC3CC(C1)C(NC(=O)C(C)(C)Oc1ccc(Cl)cc1)C(C3)C2. The van der Waals surface area contributed by atoms with E-state index in [1.165, 1.54) is 4.31 Å². The van der Waals surface area contributed by atoms with E-state index in [9.17, 15) is 13.2 Å². The van der Waals surface area contributed by atoms with Crippen LogP contribution in [0, 0.1) is 17.8 Å². The van der Waals surface area contributed by atoms with E-state index in [1.54, 1.807) is 52.2 Å². The number of ether oxygens (including phenoxy) is 1. The molecule has 0 spiro atoms. The van der Waals surface area contributed by atoms with Gasteiger partial charge in [-0.15, -0.1) is 0 Å². The van der Waals surface area contributed by atoms with E-state index in [2.05, 4.69) is 5.32 Å². The second-order valence-corrected chi connectivity index (χ2v) is 13.0. The molecule has 2 atom stereocenters. The van der Waals surface area contributed by atoms with Crippen LogP contribution in [-0.2, 0) is 14.8 Å². The Morgan fingerprint density at radius 2 is 1.70 bits per heavy atom. The van der Waals surface area contributed by atoms with Crippen LogP contribution in [0.1, 0.15) is 46.0 Å². The van der Waals surface area contributed by atoms with Crippen LogP contribution in [0.2, 0.25) is 5.02 Å². The average Bonchev–Trinajstić information content (AvgIpc) is 2.65. The molecule has 30 heavy (non-hydrogen) atoms. The third kappa shape index (κ3) is 3.63. The first-order valence-electron chi connectivity index (χ1n) is 10.6. The molecule has 4 bridgehead atoms. The lowest BCUT2D eigenvalue weighted by molar-refractivity contribution is -0.137. The summed E-state index contributed by atoms with van der Waals surface area (Å²) >= 11 is 5.93. The van der Waals surface area contributed by atoms with Gasteiger partial charge in [0.25, 0.3) is 5.91 Å². The predicted octanol–water partition coefficient (Wildman–Crippen LogP) is 3.45. The Balaban J connectivity index is 1.49. The van der Waals surface area contributed by atoms with Crippen molar-refractivity contribution in [1.29, 1.82) is 0 Å². The van der Waals surface area contributed by atoms with E-state index in [0.717, 1.165) is 19.3 Å². The van der Waals surface area contributed by atoms with Crippen LogP contribution in [-0.4, -0.2) is 49.1 Å². The van der Waals surface area contributed by atoms with Crippen molar-refractivity contribution in [3.05, 3.63) is 29.3 Å². The molecule has 2 unspecified atom stereocenters. The number of nitrogens with zero attached hydrogens (tertiary/aromatic N) is 1. The van der Waals surface area contributed by atoms with Crippen molar-refractivity contribution in [3.63, 3.8) is 0 Å². The molecule has 0 heterocycles. The highest BCUT2D eigenvalue weighted by molar-refractivity contribution is 7.90. The van der Waals surface area contributed by atoms with Gasteiger partial charge >= 0.3 is 0 Å². The summed E-state index contributed by atoms with van der Waals surface area (Å²) in [4.78, 5) is 13.1. The molecule has 4 aliphatic carbocycles. The summed E-state index contributed by atoms with van der Waals surface area (Å²) in [6.07, 6.45) is 4.00. The number of sulfonamides is 1. The molecule has 1 aromatic carbocycles. The van der Waals surface area contributed by atoms with Gasteiger partial charge in [-0.25, -0.2) is 12.7 Å². The monoisotopic (exact) mass is 454 g/mol. The lowest BCUT2D eigenvalue weighted by atomic mass is 9.53. The van der Waals surface area contributed by atoms with Gasteiger partial charge in [0.15, 0.2) is 5.60 Å². The Kier molecular flexibility index (Phi) is 5.39. The maximum Gasteiger partial charge on any atom is 0.263 e. The van der Waals surface area contributed by atoms with Crippen molar-refractivity contribution in [3.8, 4) is 5.75 Å². The average molecular weight is 455 g/mol. The zero-order chi connectivity index (χ0) is 21.9. The van der Waals surface area contributed by atoms with E-state index < -0.39 is 20.4 Å². The Hall–Kier alpha value is -1.31. The van der Waals surface area contributed by atoms with Gasteiger partial charge in [0.1, 0.15) is 5.75 Å².